The Kier molecular flexibility index (Phi) is 4.83. The van der Waals surface area contributed by atoms with Gasteiger partial charge in [-0.15, -0.1) is 0 Å². The number of fused-ring (bicyclic) bond motifs is 1. The Bertz CT molecular complexity index is 598. The molecule has 0 aliphatic carbocycles. The van der Waals surface area contributed by atoms with E-state index in [0.29, 0.717) is 11.4 Å². The highest BCUT2D eigenvalue weighted by atomic mass is 32.2. The fourth-order valence-electron chi connectivity index (χ4n) is 2.67. The highest BCUT2D eigenvalue weighted by molar-refractivity contribution is 8.00. The zero-order valence-corrected chi connectivity index (χ0v) is 13.5. The highest BCUT2D eigenvalue weighted by Crippen LogP contribution is 2.34. The Morgan fingerprint density at radius 1 is 1.48 bits per heavy atom. The first-order valence-electron chi connectivity index (χ1n) is 7.74. The monoisotopic (exact) mass is 305 g/mol. The molecule has 0 amide bonds. The molecule has 1 fully saturated rings. The van der Waals surface area contributed by atoms with Gasteiger partial charge in [-0.3, -0.25) is 0 Å². The van der Waals surface area contributed by atoms with Gasteiger partial charge in [0.15, 0.2) is 0 Å². The minimum Gasteiger partial charge on any atom is -0.377 e. The van der Waals surface area contributed by atoms with Crippen molar-refractivity contribution in [2.45, 2.75) is 49.6 Å². The molecule has 3 heterocycles. The Hall–Kier alpha value is -1.04. The van der Waals surface area contributed by atoms with Gasteiger partial charge in [0, 0.05) is 24.6 Å². The van der Waals surface area contributed by atoms with Gasteiger partial charge in [0.1, 0.15) is 10.7 Å². The van der Waals surface area contributed by atoms with Crippen molar-refractivity contribution >= 4 is 17.4 Å². The largest absolute Gasteiger partial charge is 0.377 e. The topological polar surface area (TPSA) is 38.6 Å². The van der Waals surface area contributed by atoms with Crippen LogP contribution in [-0.4, -0.2) is 33.9 Å². The molecular formula is C16H23N3OS. The summed E-state index contributed by atoms with van der Waals surface area (Å²) < 4.78 is 7.88. The van der Waals surface area contributed by atoms with Crippen LogP contribution in [0.3, 0.4) is 0 Å². The summed E-state index contributed by atoms with van der Waals surface area (Å²) in [6.45, 7) is 7.12. The first kappa shape index (κ1) is 14.9. The summed E-state index contributed by atoms with van der Waals surface area (Å²) in [4.78, 5) is 4.82. The number of pyridine rings is 1. The maximum absolute atomic E-state index is 5.68. The smallest absolute Gasteiger partial charge is 0.138 e. The molecule has 1 aliphatic heterocycles. The van der Waals surface area contributed by atoms with Crippen molar-refractivity contribution in [3.05, 3.63) is 30.1 Å². The standard InChI is InChI=1S/C16H23N3OS/c1-3-8-17-11-13-16(21-14-7-10-20-12(14)2)18-15-6-4-5-9-19(13)15/h4-6,9,12,14,17H,3,7-8,10-11H2,1-2H3. The number of thioether (sulfide) groups is 1. The van der Waals surface area contributed by atoms with Gasteiger partial charge in [-0.05, 0) is 38.4 Å². The second-order valence-electron chi connectivity index (χ2n) is 5.49. The molecule has 0 radical (unpaired) electrons. The van der Waals surface area contributed by atoms with Crippen molar-refractivity contribution in [3.63, 3.8) is 0 Å². The Morgan fingerprint density at radius 2 is 2.38 bits per heavy atom. The summed E-state index contributed by atoms with van der Waals surface area (Å²) in [6.07, 6.45) is 4.68. The third kappa shape index (κ3) is 3.25. The molecule has 114 valence electrons. The number of nitrogens with one attached hydrogen (secondary N) is 1. The summed E-state index contributed by atoms with van der Waals surface area (Å²) in [5.74, 6) is 0. The number of aromatic nitrogens is 2. The lowest BCUT2D eigenvalue weighted by Crippen LogP contribution is -2.17. The molecule has 2 unspecified atom stereocenters. The molecule has 2 atom stereocenters. The SMILES string of the molecule is CCCNCc1c(SC2CCOC2C)nc2ccccn12. The van der Waals surface area contributed by atoms with Crippen LogP contribution in [0.4, 0.5) is 0 Å². The van der Waals surface area contributed by atoms with Crippen molar-refractivity contribution in [1.29, 1.82) is 0 Å². The second kappa shape index (κ2) is 6.81. The van der Waals surface area contributed by atoms with Gasteiger partial charge >= 0.3 is 0 Å². The molecule has 4 nitrogen and oxygen atoms in total. The summed E-state index contributed by atoms with van der Waals surface area (Å²) in [6, 6.07) is 6.18. The fraction of sp³-hybridized carbons (Fsp3) is 0.562. The fourth-order valence-corrected chi connectivity index (χ4v) is 3.90. The molecular weight excluding hydrogens is 282 g/mol. The Balaban J connectivity index is 1.86. The van der Waals surface area contributed by atoms with Gasteiger partial charge < -0.3 is 14.5 Å². The van der Waals surface area contributed by atoms with E-state index in [4.69, 9.17) is 9.72 Å². The average molecular weight is 305 g/mol. The average Bonchev–Trinajstić information content (AvgIpc) is 3.04. The molecule has 21 heavy (non-hydrogen) atoms. The molecule has 0 saturated carbocycles. The van der Waals surface area contributed by atoms with E-state index >= 15 is 0 Å². The van der Waals surface area contributed by atoms with Crippen LogP contribution in [0, 0.1) is 0 Å². The van der Waals surface area contributed by atoms with E-state index in [0.717, 1.165) is 43.2 Å². The molecule has 1 saturated heterocycles. The van der Waals surface area contributed by atoms with Crippen molar-refractivity contribution in [3.8, 4) is 0 Å². The minimum atomic E-state index is 0.316. The lowest BCUT2D eigenvalue weighted by Gasteiger charge is -2.13. The molecule has 1 N–H and O–H groups in total. The Morgan fingerprint density at radius 3 is 3.14 bits per heavy atom. The number of rotatable bonds is 6. The van der Waals surface area contributed by atoms with E-state index in [9.17, 15) is 0 Å². The quantitative estimate of drug-likeness (QED) is 0.832. The maximum Gasteiger partial charge on any atom is 0.138 e. The number of ether oxygens (including phenoxy) is 1. The zero-order chi connectivity index (χ0) is 14.7. The predicted octanol–water partition coefficient (Wildman–Crippen LogP) is 3.10. The van der Waals surface area contributed by atoms with Crippen LogP contribution < -0.4 is 5.32 Å². The van der Waals surface area contributed by atoms with Gasteiger partial charge in [0.05, 0.1) is 11.8 Å². The first-order valence-corrected chi connectivity index (χ1v) is 8.62. The Labute approximate surface area is 130 Å². The third-order valence-corrected chi connectivity index (χ3v) is 5.35. The van der Waals surface area contributed by atoms with Crippen LogP contribution in [0.1, 0.15) is 32.4 Å². The van der Waals surface area contributed by atoms with Gasteiger partial charge in [-0.25, -0.2) is 4.98 Å². The number of imidazole rings is 1. The lowest BCUT2D eigenvalue weighted by molar-refractivity contribution is 0.127. The van der Waals surface area contributed by atoms with Crippen molar-refractivity contribution < 1.29 is 4.74 Å². The number of nitrogens with zero attached hydrogens (tertiary/aromatic N) is 2. The normalized spacial score (nSPS) is 22.2. The summed E-state index contributed by atoms with van der Waals surface area (Å²) in [5, 5.41) is 5.16. The summed E-state index contributed by atoms with van der Waals surface area (Å²) in [5.41, 5.74) is 2.29. The predicted molar refractivity (Wildman–Crippen MR) is 86.9 cm³/mol. The van der Waals surface area contributed by atoms with Crippen LogP contribution in [0.25, 0.3) is 5.65 Å². The van der Waals surface area contributed by atoms with Crippen LogP contribution >= 0.6 is 11.8 Å². The van der Waals surface area contributed by atoms with E-state index < -0.39 is 0 Å². The van der Waals surface area contributed by atoms with E-state index in [1.165, 1.54) is 5.69 Å². The molecule has 1 aliphatic rings. The van der Waals surface area contributed by atoms with Gasteiger partial charge in [0.2, 0.25) is 0 Å². The van der Waals surface area contributed by atoms with Gasteiger partial charge in [-0.1, -0.05) is 24.8 Å². The first-order chi connectivity index (χ1) is 10.3. The van der Waals surface area contributed by atoms with Crippen molar-refractivity contribution in [1.82, 2.24) is 14.7 Å². The van der Waals surface area contributed by atoms with Crippen molar-refractivity contribution in [2.24, 2.45) is 0 Å². The maximum atomic E-state index is 5.68. The van der Waals surface area contributed by atoms with E-state index in [-0.39, 0.29) is 0 Å². The van der Waals surface area contributed by atoms with E-state index in [1.807, 2.05) is 17.8 Å². The zero-order valence-electron chi connectivity index (χ0n) is 12.7. The molecule has 5 heteroatoms. The second-order valence-corrected chi connectivity index (χ2v) is 6.72. The van der Waals surface area contributed by atoms with Crippen LogP contribution in [0.2, 0.25) is 0 Å². The van der Waals surface area contributed by atoms with Crippen LogP contribution in [0.5, 0.6) is 0 Å². The van der Waals surface area contributed by atoms with Gasteiger partial charge in [0.25, 0.3) is 0 Å². The van der Waals surface area contributed by atoms with Crippen molar-refractivity contribution in [2.75, 3.05) is 13.2 Å². The third-order valence-electron chi connectivity index (χ3n) is 3.88. The lowest BCUT2D eigenvalue weighted by atomic mass is 10.3. The molecule has 3 rings (SSSR count). The summed E-state index contributed by atoms with van der Waals surface area (Å²) >= 11 is 1.87. The molecule has 0 bridgehead atoms. The number of hydrogen-bond donors (Lipinski definition) is 1. The van der Waals surface area contributed by atoms with E-state index in [1.54, 1.807) is 0 Å². The number of hydrogen-bond acceptors (Lipinski definition) is 4. The molecule has 2 aromatic heterocycles. The van der Waals surface area contributed by atoms with Gasteiger partial charge in [-0.2, -0.15) is 0 Å². The minimum absolute atomic E-state index is 0.316. The van der Waals surface area contributed by atoms with E-state index in [2.05, 4.69) is 41.9 Å². The van der Waals surface area contributed by atoms with Crippen LogP contribution in [0.15, 0.2) is 29.4 Å². The molecule has 0 aromatic carbocycles. The van der Waals surface area contributed by atoms with Crippen LogP contribution in [-0.2, 0) is 11.3 Å². The molecule has 2 aromatic rings. The highest BCUT2D eigenvalue weighted by Gasteiger charge is 2.27. The summed E-state index contributed by atoms with van der Waals surface area (Å²) in [7, 11) is 0. The molecule has 0 spiro atoms.